The van der Waals surface area contributed by atoms with Crippen LogP contribution in [0.1, 0.15) is 17.5 Å². The molecule has 4 nitrogen and oxygen atoms in total. The molecule has 4 heteroatoms. The number of benzene rings is 1. The molecule has 0 aliphatic carbocycles. The molecular formula is C17H26N2O2. The summed E-state index contributed by atoms with van der Waals surface area (Å²) in [7, 11) is 2.14. The molecular weight excluding hydrogens is 264 g/mol. The first-order valence-electron chi connectivity index (χ1n) is 7.89. The first-order valence-corrected chi connectivity index (χ1v) is 7.89. The molecule has 116 valence electrons. The van der Waals surface area contributed by atoms with Gasteiger partial charge in [-0.1, -0.05) is 29.8 Å². The minimum absolute atomic E-state index is 0.142. The van der Waals surface area contributed by atoms with Gasteiger partial charge in [-0.3, -0.25) is 4.90 Å². The van der Waals surface area contributed by atoms with E-state index >= 15 is 0 Å². The number of hydrogen-bond donors (Lipinski definition) is 1. The summed E-state index contributed by atoms with van der Waals surface area (Å²) in [5.74, 6) is 0. The highest BCUT2D eigenvalue weighted by molar-refractivity contribution is 5.29. The van der Waals surface area contributed by atoms with Crippen molar-refractivity contribution in [2.75, 3.05) is 46.4 Å². The second-order valence-corrected chi connectivity index (χ2v) is 6.47. The summed E-state index contributed by atoms with van der Waals surface area (Å²) in [5.41, 5.74) is 1.54. The van der Waals surface area contributed by atoms with E-state index < -0.39 is 5.60 Å². The molecule has 2 heterocycles. The zero-order chi connectivity index (χ0) is 14.9. The molecule has 3 rings (SSSR count). The Balaban J connectivity index is 1.90. The van der Waals surface area contributed by atoms with Crippen LogP contribution >= 0.6 is 0 Å². The van der Waals surface area contributed by atoms with Crippen molar-refractivity contribution >= 4 is 0 Å². The molecule has 21 heavy (non-hydrogen) atoms. The highest BCUT2D eigenvalue weighted by atomic mass is 16.5. The Bertz CT molecular complexity index is 470. The maximum Gasteiger partial charge on any atom is 0.108 e. The predicted octanol–water partition coefficient (Wildman–Crippen LogP) is 1.22. The van der Waals surface area contributed by atoms with Gasteiger partial charge in [-0.05, 0) is 26.0 Å². The number of aryl methyl sites for hydroxylation is 1. The molecule has 2 unspecified atom stereocenters. The average Bonchev–Trinajstić information content (AvgIpc) is 2.51. The van der Waals surface area contributed by atoms with Crippen molar-refractivity contribution in [1.82, 2.24) is 9.80 Å². The Morgan fingerprint density at radius 3 is 2.48 bits per heavy atom. The van der Waals surface area contributed by atoms with E-state index in [1.165, 1.54) is 5.56 Å². The molecule has 0 bridgehead atoms. The number of rotatable bonds is 2. The van der Waals surface area contributed by atoms with Gasteiger partial charge in [0.1, 0.15) is 5.60 Å². The fraction of sp³-hybridized carbons (Fsp3) is 0.647. The van der Waals surface area contributed by atoms with Gasteiger partial charge in [0.25, 0.3) is 0 Å². The molecule has 1 aromatic carbocycles. The third-order valence-electron chi connectivity index (χ3n) is 4.95. The lowest BCUT2D eigenvalue weighted by molar-refractivity contribution is -0.115. The minimum atomic E-state index is -0.752. The molecule has 0 spiro atoms. The maximum absolute atomic E-state index is 11.5. The number of aliphatic hydroxyl groups is 1. The standard InChI is InChI=1S/C17H26N2O2/c1-14-3-5-15(6-4-14)17(20)7-8-18(2)13-16(17)19-9-11-21-12-10-19/h3-6,16,20H,7-13H2,1-2H3. The van der Waals surface area contributed by atoms with Gasteiger partial charge in [-0.2, -0.15) is 0 Å². The second-order valence-electron chi connectivity index (χ2n) is 6.47. The van der Waals surface area contributed by atoms with Crippen molar-refractivity contribution < 1.29 is 9.84 Å². The predicted molar refractivity (Wildman–Crippen MR) is 83.4 cm³/mol. The lowest BCUT2D eigenvalue weighted by Crippen LogP contribution is -2.61. The fourth-order valence-corrected chi connectivity index (χ4v) is 3.55. The van der Waals surface area contributed by atoms with Crippen LogP contribution in [0.3, 0.4) is 0 Å². The van der Waals surface area contributed by atoms with Gasteiger partial charge in [0, 0.05) is 26.2 Å². The van der Waals surface area contributed by atoms with E-state index in [4.69, 9.17) is 4.74 Å². The van der Waals surface area contributed by atoms with Gasteiger partial charge in [-0.15, -0.1) is 0 Å². The Kier molecular flexibility index (Phi) is 4.31. The van der Waals surface area contributed by atoms with Gasteiger partial charge in [-0.25, -0.2) is 0 Å². The Morgan fingerprint density at radius 1 is 1.14 bits per heavy atom. The van der Waals surface area contributed by atoms with Gasteiger partial charge in [0.2, 0.25) is 0 Å². The van der Waals surface area contributed by atoms with Gasteiger partial charge >= 0.3 is 0 Å². The van der Waals surface area contributed by atoms with Crippen LogP contribution in [0.25, 0.3) is 0 Å². The lowest BCUT2D eigenvalue weighted by Gasteiger charge is -2.49. The highest BCUT2D eigenvalue weighted by Gasteiger charge is 2.45. The normalized spacial score (nSPS) is 32.2. The smallest absolute Gasteiger partial charge is 0.108 e. The summed E-state index contributed by atoms with van der Waals surface area (Å²) in [6.45, 7) is 7.28. The quantitative estimate of drug-likeness (QED) is 0.888. The summed E-state index contributed by atoms with van der Waals surface area (Å²) in [6, 6.07) is 8.52. The Hall–Kier alpha value is -0.940. The fourth-order valence-electron chi connectivity index (χ4n) is 3.55. The third kappa shape index (κ3) is 2.99. The molecule has 0 amide bonds. The van der Waals surface area contributed by atoms with E-state index in [1.54, 1.807) is 0 Å². The van der Waals surface area contributed by atoms with Crippen LogP contribution in [0.4, 0.5) is 0 Å². The van der Waals surface area contributed by atoms with Crippen molar-refractivity contribution in [2.45, 2.75) is 25.0 Å². The van der Waals surface area contributed by atoms with Gasteiger partial charge in [0.15, 0.2) is 0 Å². The molecule has 2 atom stereocenters. The van der Waals surface area contributed by atoms with E-state index in [2.05, 4.69) is 48.0 Å². The summed E-state index contributed by atoms with van der Waals surface area (Å²) < 4.78 is 5.47. The van der Waals surface area contributed by atoms with Crippen molar-refractivity contribution in [2.24, 2.45) is 0 Å². The lowest BCUT2D eigenvalue weighted by atomic mass is 9.79. The van der Waals surface area contributed by atoms with E-state index in [-0.39, 0.29) is 6.04 Å². The number of hydrogen-bond acceptors (Lipinski definition) is 4. The Morgan fingerprint density at radius 2 is 1.81 bits per heavy atom. The van der Waals surface area contributed by atoms with Crippen LogP contribution in [0, 0.1) is 6.92 Å². The van der Waals surface area contributed by atoms with Crippen LogP contribution in [0.2, 0.25) is 0 Å². The molecule has 1 aromatic rings. The maximum atomic E-state index is 11.5. The third-order valence-corrected chi connectivity index (χ3v) is 4.95. The average molecular weight is 290 g/mol. The first-order chi connectivity index (χ1) is 10.1. The molecule has 1 N–H and O–H groups in total. The minimum Gasteiger partial charge on any atom is -0.383 e. The van der Waals surface area contributed by atoms with Crippen LogP contribution in [-0.4, -0.2) is 67.4 Å². The van der Waals surface area contributed by atoms with Crippen molar-refractivity contribution in [3.8, 4) is 0 Å². The summed E-state index contributed by atoms with van der Waals surface area (Å²) in [6.07, 6.45) is 0.786. The van der Waals surface area contributed by atoms with Crippen molar-refractivity contribution in [3.05, 3.63) is 35.4 Å². The molecule has 2 saturated heterocycles. The first kappa shape index (κ1) is 15.0. The second kappa shape index (κ2) is 6.05. The number of ether oxygens (including phenoxy) is 1. The molecule has 2 aliphatic heterocycles. The van der Waals surface area contributed by atoms with Crippen LogP contribution in [0.5, 0.6) is 0 Å². The Labute approximate surface area is 127 Å². The van der Waals surface area contributed by atoms with Crippen LogP contribution in [-0.2, 0) is 10.3 Å². The number of likely N-dealkylation sites (tertiary alicyclic amines) is 1. The molecule has 0 radical (unpaired) electrons. The zero-order valence-corrected chi connectivity index (χ0v) is 13.1. The van der Waals surface area contributed by atoms with E-state index in [0.29, 0.717) is 0 Å². The van der Waals surface area contributed by atoms with Gasteiger partial charge < -0.3 is 14.7 Å². The van der Waals surface area contributed by atoms with Crippen LogP contribution < -0.4 is 0 Å². The molecule has 2 fully saturated rings. The molecule has 2 aliphatic rings. The summed E-state index contributed by atoms with van der Waals surface area (Å²) in [4.78, 5) is 4.72. The molecule has 0 saturated carbocycles. The number of piperidine rings is 1. The van der Waals surface area contributed by atoms with Crippen LogP contribution in [0.15, 0.2) is 24.3 Å². The topological polar surface area (TPSA) is 35.9 Å². The van der Waals surface area contributed by atoms with E-state index in [1.807, 2.05) is 0 Å². The van der Waals surface area contributed by atoms with Crippen molar-refractivity contribution in [1.29, 1.82) is 0 Å². The monoisotopic (exact) mass is 290 g/mol. The number of nitrogens with zero attached hydrogens (tertiary/aromatic N) is 2. The van der Waals surface area contributed by atoms with E-state index in [0.717, 1.165) is 51.4 Å². The van der Waals surface area contributed by atoms with Crippen molar-refractivity contribution in [3.63, 3.8) is 0 Å². The highest BCUT2D eigenvalue weighted by Crippen LogP contribution is 2.36. The zero-order valence-electron chi connectivity index (χ0n) is 13.1. The number of morpholine rings is 1. The molecule has 0 aromatic heterocycles. The van der Waals surface area contributed by atoms with Gasteiger partial charge in [0.05, 0.1) is 19.3 Å². The summed E-state index contributed by atoms with van der Waals surface area (Å²) >= 11 is 0. The SMILES string of the molecule is Cc1ccc(C2(O)CCN(C)CC2N2CCOCC2)cc1. The number of likely N-dealkylation sites (N-methyl/N-ethyl adjacent to an activating group) is 1. The summed E-state index contributed by atoms with van der Waals surface area (Å²) in [5, 5.41) is 11.5. The largest absolute Gasteiger partial charge is 0.383 e. The van der Waals surface area contributed by atoms with E-state index in [9.17, 15) is 5.11 Å².